The van der Waals surface area contributed by atoms with Crippen molar-refractivity contribution >= 4 is 33.8 Å². The molecule has 6 heteroatoms. The summed E-state index contributed by atoms with van der Waals surface area (Å²) in [4.78, 5) is 29.4. The lowest BCUT2D eigenvalue weighted by atomic mass is 9.88. The van der Waals surface area contributed by atoms with Gasteiger partial charge in [0.15, 0.2) is 0 Å². The van der Waals surface area contributed by atoms with Gasteiger partial charge in [0.1, 0.15) is 5.00 Å². The zero-order chi connectivity index (χ0) is 21.1. The first-order valence-electron chi connectivity index (χ1n) is 11.0. The Balaban J connectivity index is 1.52. The van der Waals surface area contributed by atoms with Gasteiger partial charge in [-0.05, 0) is 74.7 Å². The molecule has 2 heterocycles. The van der Waals surface area contributed by atoms with Gasteiger partial charge in [0.2, 0.25) is 5.91 Å². The zero-order valence-corrected chi connectivity index (χ0v) is 18.7. The van der Waals surface area contributed by atoms with Crippen LogP contribution in [0.4, 0.5) is 10.7 Å². The summed E-state index contributed by atoms with van der Waals surface area (Å²) in [6.07, 6.45) is 5.23. The van der Waals surface area contributed by atoms with E-state index >= 15 is 0 Å². The molecule has 1 aromatic heterocycles. The minimum absolute atomic E-state index is 0.0232. The number of para-hydroxylation sites is 1. The second-order valence-electron chi connectivity index (χ2n) is 8.88. The summed E-state index contributed by atoms with van der Waals surface area (Å²) in [6, 6.07) is 9.50. The third-order valence-corrected chi connectivity index (χ3v) is 7.44. The van der Waals surface area contributed by atoms with Crippen LogP contribution in [0.3, 0.4) is 0 Å². The Morgan fingerprint density at radius 3 is 2.50 bits per heavy atom. The average molecular weight is 426 g/mol. The molecule has 1 atom stereocenters. The molecule has 0 spiro atoms. The van der Waals surface area contributed by atoms with Crippen LogP contribution in [0.15, 0.2) is 30.3 Å². The molecule has 1 aromatic carbocycles. The number of benzene rings is 1. The number of carbonyl (C=O) groups excluding carboxylic acids is 2. The first-order chi connectivity index (χ1) is 14.5. The normalized spacial score (nSPS) is 19.9. The first kappa shape index (κ1) is 21.1. The van der Waals surface area contributed by atoms with Gasteiger partial charge in [-0.1, -0.05) is 32.0 Å². The smallest absolute Gasteiger partial charge is 0.258 e. The van der Waals surface area contributed by atoms with Crippen LogP contribution in [0.25, 0.3) is 0 Å². The van der Waals surface area contributed by atoms with Crippen LogP contribution in [0.2, 0.25) is 0 Å². The maximum absolute atomic E-state index is 13.2. The Kier molecular flexibility index (Phi) is 6.54. The van der Waals surface area contributed by atoms with Gasteiger partial charge < -0.3 is 10.6 Å². The highest BCUT2D eigenvalue weighted by atomic mass is 32.1. The van der Waals surface area contributed by atoms with E-state index in [1.807, 2.05) is 30.3 Å². The number of thiophene rings is 1. The van der Waals surface area contributed by atoms with Crippen molar-refractivity contribution in [3.05, 3.63) is 46.3 Å². The summed E-state index contributed by atoms with van der Waals surface area (Å²) >= 11 is 1.58. The Labute approximate surface area is 182 Å². The molecular weight excluding hydrogens is 394 g/mol. The third kappa shape index (κ3) is 4.93. The van der Waals surface area contributed by atoms with Crippen LogP contribution in [-0.2, 0) is 17.6 Å². The van der Waals surface area contributed by atoms with Crippen molar-refractivity contribution in [2.75, 3.05) is 30.3 Å². The predicted molar refractivity (Wildman–Crippen MR) is 123 cm³/mol. The van der Waals surface area contributed by atoms with Crippen molar-refractivity contribution in [1.29, 1.82) is 0 Å². The highest BCUT2D eigenvalue weighted by molar-refractivity contribution is 7.17. The van der Waals surface area contributed by atoms with Crippen LogP contribution in [0.5, 0.6) is 0 Å². The lowest BCUT2D eigenvalue weighted by molar-refractivity contribution is -0.117. The molecule has 2 aromatic rings. The molecule has 160 valence electrons. The molecule has 2 N–H and O–H groups in total. The number of amides is 2. The number of carbonyl (C=O) groups is 2. The molecule has 1 fully saturated rings. The number of hydrogen-bond donors (Lipinski definition) is 2. The molecule has 1 aliphatic heterocycles. The van der Waals surface area contributed by atoms with Crippen molar-refractivity contribution in [1.82, 2.24) is 4.90 Å². The van der Waals surface area contributed by atoms with Gasteiger partial charge in [-0.15, -0.1) is 11.3 Å². The van der Waals surface area contributed by atoms with E-state index in [9.17, 15) is 9.59 Å². The van der Waals surface area contributed by atoms with Crippen molar-refractivity contribution in [3.63, 3.8) is 0 Å². The Morgan fingerprint density at radius 1 is 1.03 bits per heavy atom. The minimum Gasteiger partial charge on any atom is -0.322 e. The molecule has 30 heavy (non-hydrogen) atoms. The summed E-state index contributed by atoms with van der Waals surface area (Å²) in [7, 11) is 0. The predicted octanol–water partition coefficient (Wildman–Crippen LogP) is 4.80. The van der Waals surface area contributed by atoms with Crippen molar-refractivity contribution < 1.29 is 9.59 Å². The Bertz CT molecular complexity index is 901. The van der Waals surface area contributed by atoms with Crippen LogP contribution < -0.4 is 10.6 Å². The van der Waals surface area contributed by atoms with Crippen LogP contribution in [-0.4, -0.2) is 36.3 Å². The van der Waals surface area contributed by atoms with Gasteiger partial charge in [-0.2, -0.15) is 0 Å². The van der Waals surface area contributed by atoms with E-state index in [0.717, 1.165) is 62.4 Å². The quantitative estimate of drug-likeness (QED) is 0.724. The highest BCUT2D eigenvalue weighted by Crippen LogP contribution is 2.40. The van der Waals surface area contributed by atoms with Crippen LogP contribution in [0, 0.1) is 11.8 Å². The number of fused-ring (bicyclic) bond motifs is 1. The van der Waals surface area contributed by atoms with Gasteiger partial charge in [0.05, 0.1) is 12.1 Å². The fourth-order valence-electron chi connectivity index (χ4n) is 4.38. The third-order valence-electron chi connectivity index (χ3n) is 6.27. The number of likely N-dealkylation sites (tertiary alicyclic amines) is 1. The van der Waals surface area contributed by atoms with Crippen LogP contribution >= 0.6 is 11.3 Å². The van der Waals surface area contributed by atoms with E-state index in [2.05, 4.69) is 29.4 Å². The number of rotatable bonds is 5. The average Bonchev–Trinajstić information content (AvgIpc) is 3.07. The number of anilines is 2. The van der Waals surface area contributed by atoms with Gasteiger partial charge in [0, 0.05) is 10.6 Å². The second-order valence-corrected chi connectivity index (χ2v) is 9.99. The van der Waals surface area contributed by atoms with E-state index in [1.54, 1.807) is 11.3 Å². The Hall–Kier alpha value is -2.18. The lowest BCUT2D eigenvalue weighted by Gasteiger charge is -2.29. The standard InChI is InChI=1S/C24H31N3O2S/c1-16-10-12-27(13-11-16)15-21(28)26-24-22(19-9-8-17(2)14-20(19)30-24)23(29)25-18-6-4-3-5-7-18/h3-7,16-17H,8-15H2,1-2H3,(H,25,29)(H,26,28)/t17-/m0/s1. The monoisotopic (exact) mass is 425 g/mol. The first-order valence-corrected chi connectivity index (χ1v) is 11.8. The molecule has 5 nitrogen and oxygen atoms in total. The van der Waals surface area contributed by atoms with E-state index < -0.39 is 0 Å². The van der Waals surface area contributed by atoms with E-state index in [-0.39, 0.29) is 11.8 Å². The maximum atomic E-state index is 13.2. The van der Waals surface area contributed by atoms with E-state index in [0.29, 0.717) is 23.0 Å². The summed E-state index contributed by atoms with van der Waals surface area (Å²) in [6.45, 7) is 6.85. The number of hydrogen-bond acceptors (Lipinski definition) is 4. The van der Waals surface area contributed by atoms with E-state index in [1.165, 1.54) is 4.88 Å². The molecule has 0 unspecified atom stereocenters. The number of piperidine rings is 1. The summed E-state index contributed by atoms with van der Waals surface area (Å²) < 4.78 is 0. The fourth-order valence-corrected chi connectivity index (χ4v) is 5.81. The summed E-state index contributed by atoms with van der Waals surface area (Å²) in [5.74, 6) is 1.20. The fraction of sp³-hybridized carbons (Fsp3) is 0.500. The van der Waals surface area contributed by atoms with Gasteiger partial charge in [0.25, 0.3) is 5.91 Å². The molecule has 1 aliphatic carbocycles. The zero-order valence-electron chi connectivity index (χ0n) is 17.9. The largest absolute Gasteiger partial charge is 0.322 e. The minimum atomic E-state index is -0.129. The highest BCUT2D eigenvalue weighted by Gasteiger charge is 2.29. The molecular formula is C24H31N3O2S. The van der Waals surface area contributed by atoms with Gasteiger partial charge >= 0.3 is 0 Å². The van der Waals surface area contributed by atoms with Crippen molar-refractivity contribution in [2.24, 2.45) is 11.8 Å². The second kappa shape index (κ2) is 9.31. The molecule has 2 aliphatic rings. The molecule has 0 bridgehead atoms. The molecule has 0 radical (unpaired) electrons. The molecule has 1 saturated heterocycles. The lowest BCUT2D eigenvalue weighted by Crippen LogP contribution is -2.38. The molecule has 0 saturated carbocycles. The molecule has 2 amide bonds. The van der Waals surface area contributed by atoms with E-state index in [4.69, 9.17) is 0 Å². The number of nitrogens with zero attached hydrogens (tertiary/aromatic N) is 1. The van der Waals surface area contributed by atoms with Gasteiger partial charge in [-0.3, -0.25) is 14.5 Å². The Morgan fingerprint density at radius 2 is 1.77 bits per heavy atom. The molecule has 4 rings (SSSR count). The maximum Gasteiger partial charge on any atom is 0.258 e. The number of nitrogens with one attached hydrogen (secondary N) is 2. The summed E-state index contributed by atoms with van der Waals surface area (Å²) in [5.41, 5.74) is 2.55. The van der Waals surface area contributed by atoms with Crippen molar-refractivity contribution in [3.8, 4) is 0 Å². The topological polar surface area (TPSA) is 61.4 Å². The van der Waals surface area contributed by atoms with Crippen LogP contribution in [0.1, 0.15) is 53.9 Å². The van der Waals surface area contributed by atoms with Gasteiger partial charge in [-0.25, -0.2) is 0 Å². The summed E-state index contributed by atoms with van der Waals surface area (Å²) in [5, 5.41) is 6.80. The van der Waals surface area contributed by atoms with Crippen molar-refractivity contribution in [2.45, 2.75) is 46.0 Å². The SMILES string of the molecule is CC1CCN(CC(=O)Nc2sc3c(c2C(=O)Nc2ccccc2)CC[C@H](C)C3)CC1.